The molecule has 1 heterocycles. The summed E-state index contributed by atoms with van der Waals surface area (Å²) in [6.07, 6.45) is 3.26. The van der Waals surface area contributed by atoms with Crippen molar-refractivity contribution in [3.8, 4) is 0 Å². The number of hydrogen-bond acceptors (Lipinski definition) is 3. The van der Waals surface area contributed by atoms with Crippen molar-refractivity contribution in [3.05, 3.63) is 64.7 Å². The highest BCUT2D eigenvalue weighted by molar-refractivity contribution is 5.93. The van der Waals surface area contributed by atoms with Crippen LogP contribution in [0.5, 0.6) is 0 Å². The maximum Gasteiger partial charge on any atom is 0.338 e. The van der Waals surface area contributed by atoms with Crippen molar-refractivity contribution >= 4 is 11.7 Å². The zero-order valence-electron chi connectivity index (χ0n) is 13.8. The number of anilines is 1. The van der Waals surface area contributed by atoms with E-state index < -0.39 is 0 Å². The Bertz CT molecular complexity index is 694. The van der Waals surface area contributed by atoms with Crippen molar-refractivity contribution in [2.45, 2.75) is 26.2 Å². The minimum atomic E-state index is -0.251. The summed E-state index contributed by atoms with van der Waals surface area (Å²) in [6, 6.07) is 14.5. The second-order valence-corrected chi connectivity index (χ2v) is 6.06. The summed E-state index contributed by atoms with van der Waals surface area (Å²) >= 11 is 0. The Hall–Kier alpha value is -2.29. The van der Waals surface area contributed by atoms with E-state index in [0.717, 1.165) is 31.5 Å². The number of carbonyl (C=O) groups is 1. The molecule has 0 aliphatic carbocycles. The van der Waals surface area contributed by atoms with Crippen molar-refractivity contribution in [1.82, 2.24) is 0 Å². The van der Waals surface area contributed by atoms with Crippen molar-refractivity contribution in [1.29, 1.82) is 0 Å². The van der Waals surface area contributed by atoms with E-state index in [1.807, 2.05) is 19.1 Å². The van der Waals surface area contributed by atoms with Crippen LogP contribution in [0.2, 0.25) is 0 Å². The number of hydrogen-bond donors (Lipinski definition) is 0. The molecule has 1 aliphatic heterocycles. The Morgan fingerprint density at radius 2 is 1.96 bits per heavy atom. The van der Waals surface area contributed by atoms with Crippen LogP contribution in [0.25, 0.3) is 0 Å². The fraction of sp³-hybridized carbons (Fsp3) is 0.350. The van der Waals surface area contributed by atoms with Gasteiger partial charge in [-0.15, -0.1) is 0 Å². The van der Waals surface area contributed by atoms with E-state index in [1.165, 1.54) is 30.3 Å². The van der Waals surface area contributed by atoms with Gasteiger partial charge in [0.15, 0.2) is 0 Å². The average Bonchev–Trinajstić information content (AvgIpc) is 2.60. The molecular formula is C20H23NO2. The number of rotatable bonds is 4. The molecule has 0 saturated heterocycles. The van der Waals surface area contributed by atoms with Gasteiger partial charge in [0.2, 0.25) is 0 Å². The molecule has 0 saturated carbocycles. The zero-order valence-corrected chi connectivity index (χ0v) is 13.8. The quantitative estimate of drug-likeness (QED) is 0.805. The van der Waals surface area contributed by atoms with E-state index in [2.05, 4.69) is 35.2 Å². The average molecular weight is 309 g/mol. The van der Waals surface area contributed by atoms with Gasteiger partial charge in [0.1, 0.15) is 0 Å². The predicted molar refractivity (Wildman–Crippen MR) is 93.2 cm³/mol. The molecule has 23 heavy (non-hydrogen) atoms. The maximum atomic E-state index is 12.0. The molecule has 0 N–H and O–H groups in total. The summed E-state index contributed by atoms with van der Waals surface area (Å²) in [6.45, 7) is 4.06. The normalized spacial score (nSPS) is 13.6. The first kappa shape index (κ1) is 15.6. The smallest absolute Gasteiger partial charge is 0.338 e. The molecule has 3 nitrogen and oxygen atoms in total. The van der Waals surface area contributed by atoms with Gasteiger partial charge in [0.05, 0.1) is 12.7 Å². The first-order chi connectivity index (χ1) is 11.2. The minimum Gasteiger partial charge on any atom is -0.465 e. The lowest BCUT2D eigenvalue weighted by molar-refractivity contribution is 0.0600. The highest BCUT2D eigenvalue weighted by Gasteiger charge is 2.22. The van der Waals surface area contributed by atoms with E-state index >= 15 is 0 Å². The van der Waals surface area contributed by atoms with Crippen LogP contribution in [0.15, 0.2) is 42.5 Å². The molecule has 0 unspecified atom stereocenters. The number of aryl methyl sites for hydroxylation is 1. The van der Waals surface area contributed by atoms with Crippen molar-refractivity contribution in [2.75, 3.05) is 25.1 Å². The SMILES string of the molecule is COC(=O)c1ccc2c(c1C)N(CCc1ccccc1)CCC2. The minimum absolute atomic E-state index is 0.251. The fourth-order valence-corrected chi connectivity index (χ4v) is 3.43. The van der Waals surface area contributed by atoms with Crippen molar-refractivity contribution < 1.29 is 9.53 Å². The van der Waals surface area contributed by atoms with Gasteiger partial charge in [0, 0.05) is 18.8 Å². The summed E-state index contributed by atoms with van der Waals surface area (Å²) in [4.78, 5) is 14.4. The Morgan fingerprint density at radius 1 is 1.17 bits per heavy atom. The number of nitrogens with zero attached hydrogens (tertiary/aromatic N) is 1. The predicted octanol–water partition coefficient (Wildman–Crippen LogP) is 3.78. The number of fused-ring (bicyclic) bond motifs is 1. The molecule has 120 valence electrons. The maximum absolute atomic E-state index is 12.0. The summed E-state index contributed by atoms with van der Waals surface area (Å²) in [7, 11) is 1.44. The highest BCUT2D eigenvalue weighted by Crippen LogP contribution is 2.33. The van der Waals surface area contributed by atoms with Crippen LogP contribution in [0.3, 0.4) is 0 Å². The molecule has 0 bridgehead atoms. The number of esters is 1. The third-order valence-corrected chi connectivity index (χ3v) is 4.62. The number of benzene rings is 2. The first-order valence-electron chi connectivity index (χ1n) is 8.20. The van der Waals surface area contributed by atoms with Crippen molar-refractivity contribution in [2.24, 2.45) is 0 Å². The molecule has 0 fully saturated rings. The van der Waals surface area contributed by atoms with Gasteiger partial charge in [-0.05, 0) is 48.9 Å². The van der Waals surface area contributed by atoms with E-state index in [4.69, 9.17) is 4.74 Å². The summed E-state index contributed by atoms with van der Waals surface area (Å²) in [5, 5.41) is 0. The molecule has 2 aromatic rings. The van der Waals surface area contributed by atoms with E-state index in [1.54, 1.807) is 0 Å². The second kappa shape index (κ2) is 6.86. The molecular weight excluding hydrogens is 286 g/mol. The summed E-state index contributed by atoms with van der Waals surface area (Å²) < 4.78 is 4.92. The van der Waals surface area contributed by atoms with E-state index in [9.17, 15) is 4.79 Å². The fourth-order valence-electron chi connectivity index (χ4n) is 3.43. The van der Waals surface area contributed by atoms with Crippen LogP contribution < -0.4 is 4.90 Å². The third kappa shape index (κ3) is 3.24. The van der Waals surface area contributed by atoms with Gasteiger partial charge in [-0.2, -0.15) is 0 Å². The third-order valence-electron chi connectivity index (χ3n) is 4.62. The number of methoxy groups -OCH3 is 1. The van der Waals surface area contributed by atoms with Gasteiger partial charge in [-0.1, -0.05) is 36.4 Å². The van der Waals surface area contributed by atoms with Gasteiger partial charge in [-0.25, -0.2) is 4.79 Å². The second-order valence-electron chi connectivity index (χ2n) is 6.06. The van der Waals surface area contributed by atoms with Gasteiger partial charge in [0.25, 0.3) is 0 Å². The molecule has 0 amide bonds. The molecule has 1 aliphatic rings. The van der Waals surface area contributed by atoms with Gasteiger partial charge < -0.3 is 9.64 Å². The molecule has 0 spiro atoms. The first-order valence-corrected chi connectivity index (χ1v) is 8.20. The van der Waals surface area contributed by atoms with Crippen LogP contribution in [0.4, 0.5) is 5.69 Å². The van der Waals surface area contributed by atoms with Crippen LogP contribution in [0, 0.1) is 6.92 Å². The molecule has 3 rings (SSSR count). The van der Waals surface area contributed by atoms with Crippen LogP contribution in [-0.2, 0) is 17.6 Å². The Balaban J connectivity index is 1.87. The lowest BCUT2D eigenvalue weighted by Crippen LogP contribution is -2.32. The van der Waals surface area contributed by atoms with Crippen LogP contribution in [0.1, 0.15) is 33.5 Å². The van der Waals surface area contributed by atoms with Crippen LogP contribution >= 0.6 is 0 Å². The van der Waals surface area contributed by atoms with Gasteiger partial charge >= 0.3 is 5.97 Å². The molecule has 2 aromatic carbocycles. The standard InChI is InChI=1S/C20H23NO2/c1-15-18(20(22)23-2)11-10-17-9-6-13-21(19(15)17)14-12-16-7-4-3-5-8-16/h3-5,7-8,10-11H,6,9,12-14H2,1-2H3. The highest BCUT2D eigenvalue weighted by atomic mass is 16.5. The Morgan fingerprint density at radius 3 is 2.70 bits per heavy atom. The number of carbonyl (C=O) groups excluding carboxylic acids is 1. The van der Waals surface area contributed by atoms with Crippen LogP contribution in [-0.4, -0.2) is 26.2 Å². The largest absolute Gasteiger partial charge is 0.465 e. The Kier molecular flexibility index (Phi) is 4.65. The number of ether oxygens (including phenoxy) is 1. The van der Waals surface area contributed by atoms with Crippen molar-refractivity contribution in [3.63, 3.8) is 0 Å². The Labute approximate surface area is 137 Å². The zero-order chi connectivity index (χ0) is 16.2. The summed E-state index contributed by atoms with van der Waals surface area (Å²) in [5.74, 6) is -0.251. The molecule has 0 radical (unpaired) electrons. The van der Waals surface area contributed by atoms with E-state index in [-0.39, 0.29) is 5.97 Å². The van der Waals surface area contributed by atoms with Gasteiger partial charge in [-0.3, -0.25) is 0 Å². The lowest BCUT2D eigenvalue weighted by atomic mass is 9.94. The monoisotopic (exact) mass is 309 g/mol. The topological polar surface area (TPSA) is 29.5 Å². The van der Waals surface area contributed by atoms with E-state index in [0.29, 0.717) is 5.56 Å². The molecule has 0 aromatic heterocycles. The molecule has 3 heteroatoms. The molecule has 0 atom stereocenters. The summed E-state index contributed by atoms with van der Waals surface area (Å²) in [5.41, 5.74) is 5.64. The lowest BCUT2D eigenvalue weighted by Gasteiger charge is -2.33.